The highest BCUT2D eigenvalue weighted by Gasteiger charge is 2.39. The molecule has 21 heavy (non-hydrogen) atoms. The first-order valence-corrected chi connectivity index (χ1v) is 7.74. The molecule has 3 atom stereocenters. The molecular formula is C16H23N3O2. The minimum absolute atomic E-state index is 0.118. The number of nitro benzene ring substituents is 1. The zero-order chi connectivity index (χ0) is 15.0. The van der Waals surface area contributed by atoms with Crippen LogP contribution in [0, 0.1) is 27.9 Å². The van der Waals surface area contributed by atoms with Crippen LogP contribution in [0.25, 0.3) is 0 Å². The van der Waals surface area contributed by atoms with Gasteiger partial charge in [-0.1, -0.05) is 6.42 Å². The van der Waals surface area contributed by atoms with Crippen LogP contribution in [0.4, 0.5) is 11.4 Å². The smallest absolute Gasteiger partial charge is 0.269 e. The molecule has 0 radical (unpaired) electrons. The van der Waals surface area contributed by atoms with E-state index in [9.17, 15) is 10.1 Å². The zero-order valence-electron chi connectivity index (χ0n) is 12.5. The van der Waals surface area contributed by atoms with E-state index < -0.39 is 0 Å². The Bertz CT molecular complexity index is 546. The SMILES string of the molecule is CN(Cc1cc([N+](=O)[O-])ccc1N)CC1CC2CCC1C2. The van der Waals surface area contributed by atoms with E-state index >= 15 is 0 Å². The molecule has 0 spiro atoms. The lowest BCUT2D eigenvalue weighted by molar-refractivity contribution is -0.384. The second kappa shape index (κ2) is 5.64. The highest BCUT2D eigenvalue weighted by Crippen LogP contribution is 2.48. The Labute approximate surface area is 125 Å². The van der Waals surface area contributed by atoms with E-state index in [2.05, 4.69) is 11.9 Å². The maximum absolute atomic E-state index is 10.9. The fraction of sp³-hybridized carbons (Fsp3) is 0.625. The fourth-order valence-electron chi connectivity index (χ4n) is 4.20. The number of fused-ring (bicyclic) bond motifs is 2. The van der Waals surface area contributed by atoms with Crippen LogP contribution < -0.4 is 5.73 Å². The number of hydrogen-bond acceptors (Lipinski definition) is 4. The highest BCUT2D eigenvalue weighted by molar-refractivity contribution is 5.52. The largest absolute Gasteiger partial charge is 0.398 e. The van der Waals surface area contributed by atoms with Gasteiger partial charge in [0.05, 0.1) is 4.92 Å². The van der Waals surface area contributed by atoms with Gasteiger partial charge in [0.15, 0.2) is 0 Å². The van der Waals surface area contributed by atoms with E-state index in [1.54, 1.807) is 12.1 Å². The van der Waals surface area contributed by atoms with E-state index in [0.717, 1.165) is 29.9 Å². The molecule has 2 fully saturated rings. The average Bonchev–Trinajstić information content (AvgIpc) is 3.03. The number of nitro groups is 1. The molecule has 0 amide bonds. The van der Waals surface area contributed by atoms with Crippen molar-refractivity contribution in [3.63, 3.8) is 0 Å². The van der Waals surface area contributed by atoms with Crippen molar-refractivity contribution < 1.29 is 4.92 Å². The second-order valence-corrected chi connectivity index (χ2v) is 6.77. The van der Waals surface area contributed by atoms with Gasteiger partial charge < -0.3 is 10.6 Å². The molecule has 2 saturated carbocycles. The number of nitrogens with zero attached hydrogens (tertiary/aromatic N) is 2. The van der Waals surface area contributed by atoms with Crippen LogP contribution in [0.1, 0.15) is 31.2 Å². The molecule has 1 aromatic carbocycles. The van der Waals surface area contributed by atoms with E-state index in [4.69, 9.17) is 5.73 Å². The summed E-state index contributed by atoms with van der Waals surface area (Å²) in [6.07, 6.45) is 5.59. The summed E-state index contributed by atoms with van der Waals surface area (Å²) in [6.45, 7) is 1.75. The minimum atomic E-state index is -0.362. The van der Waals surface area contributed by atoms with Gasteiger partial charge in [-0.25, -0.2) is 0 Å². The highest BCUT2D eigenvalue weighted by atomic mass is 16.6. The molecule has 1 aromatic rings. The Kier molecular flexibility index (Phi) is 3.85. The monoisotopic (exact) mass is 289 g/mol. The molecule has 0 heterocycles. The van der Waals surface area contributed by atoms with E-state index in [1.165, 1.54) is 31.7 Å². The first kappa shape index (κ1) is 14.3. The molecule has 2 aliphatic rings. The number of benzene rings is 1. The molecule has 2 aliphatic carbocycles. The van der Waals surface area contributed by atoms with Crippen molar-refractivity contribution in [3.8, 4) is 0 Å². The second-order valence-electron chi connectivity index (χ2n) is 6.77. The Morgan fingerprint density at radius 1 is 1.38 bits per heavy atom. The summed E-state index contributed by atoms with van der Waals surface area (Å²) >= 11 is 0. The predicted octanol–water partition coefficient (Wildman–Crippen LogP) is 3.05. The molecule has 0 aromatic heterocycles. The number of non-ortho nitro benzene ring substituents is 1. The van der Waals surface area contributed by atoms with Crippen LogP contribution in [0.2, 0.25) is 0 Å². The minimum Gasteiger partial charge on any atom is -0.398 e. The maximum Gasteiger partial charge on any atom is 0.269 e. The lowest BCUT2D eigenvalue weighted by atomic mass is 9.88. The standard InChI is InChI=1S/C16H23N3O2/c1-18(9-13-7-11-2-3-12(13)6-11)10-14-8-15(19(20)21)4-5-16(14)17/h4-5,8,11-13H,2-3,6-7,9-10,17H2,1H3. The lowest BCUT2D eigenvalue weighted by Gasteiger charge is -2.27. The molecule has 3 unspecified atom stereocenters. The molecule has 0 aliphatic heterocycles. The summed E-state index contributed by atoms with van der Waals surface area (Å²) in [5, 5.41) is 10.9. The third kappa shape index (κ3) is 3.02. The van der Waals surface area contributed by atoms with Crippen LogP contribution in [-0.2, 0) is 6.54 Å². The Morgan fingerprint density at radius 2 is 2.19 bits per heavy atom. The summed E-state index contributed by atoms with van der Waals surface area (Å²) in [6, 6.07) is 4.71. The van der Waals surface area contributed by atoms with Gasteiger partial charge >= 0.3 is 0 Å². The normalized spacial score (nSPS) is 27.4. The Hall–Kier alpha value is -1.62. The van der Waals surface area contributed by atoms with E-state index in [0.29, 0.717) is 12.2 Å². The lowest BCUT2D eigenvalue weighted by Crippen LogP contribution is -2.28. The molecule has 2 N–H and O–H groups in total. The maximum atomic E-state index is 10.9. The number of nitrogens with two attached hydrogens (primary N) is 1. The topological polar surface area (TPSA) is 72.4 Å². The van der Waals surface area contributed by atoms with Crippen LogP contribution in [0.15, 0.2) is 18.2 Å². The van der Waals surface area contributed by atoms with Crippen molar-refractivity contribution in [3.05, 3.63) is 33.9 Å². The van der Waals surface area contributed by atoms with Crippen LogP contribution in [-0.4, -0.2) is 23.4 Å². The van der Waals surface area contributed by atoms with Gasteiger partial charge in [-0.2, -0.15) is 0 Å². The summed E-state index contributed by atoms with van der Waals surface area (Å²) in [4.78, 5) is 12.8. The van der Waals surface area contributed by atoms with Gasteiger partial charge in [0.25, 0.3) is 5.69 Å². The zero-order valence-corrected chi connectivity index (χ0v) is 12.5. The van der Waals surface area contributed by atoms with Gasteiger partial charge in [0, 0.05) is 30.9 Å². The summed E-state index contributed by atoms with van der Waals surface area (Å²) in [7, 11) is 2.09. The Balaban J connectivity index is 1.63. The number of hydrogen-bond donors (Lipinski definition) is 1. The summed E-state index contributed by atoms with van der Waals surface area (Å²) in [5.41, 5.74) is 7.57. The molecule has 0 saturated heterocycles. The molecular weight excluding hydrogens is 266 g/mol. The predicted molar refractivity (Wildman–Crippen MR) is 82.8 cm³/mol. The van der Waals surface area contributed by atoms with Gasteiger partial charge in [0.2, 0.25) is 0 Å². The van der Waals surface area contributed by atoms with Crippen molar-refractivity contribution in [1.82, 2.24) is 4.90 Å². The number of nitrogen functional groups attached to an aromatic ring is 1. The average molecular weight is 289 g/mol. The summed E-state index contributed by atoms with van der Waals surface area (Å²) in [5.74, 6) is 2.66. The fourth-order valence-corrected chi connectivity index (χ4v) is 4.20. The third-order valence-electron chi connectivity index (χ3n) is 5.21. The summed E-state index contributed by atoms with van der Waals surface area (Å²) < 4.78 is 0. The van der Waals surface area contributed by atoms with Gasteiger partial charge in [-0.05, 0) is 55.7 Å². The number of anilines is 1. The van der Waals surface area contributed by atoms with Crippen LogP contribution >= 0.6 is 0 Å². The van der Waals surface area contributed by atoms with Gasteiger partial charge in [0.1, 0.15) is 0 Å². The Morgan fingerprint density at radius 3 is 2.81 bits per heavy atom. The van der Waals surface area contributed by atoms with Crippen molar-refractivity contribution in [2.24, 2.45) is 17.8 Å². The van der Waals surface area contributed by atoms with E-state index in [1.807, 2.05) is 0 Å². The van der Waals surface area contributed by atoms with Crippen molar-refractivity contribution in [2.45, 2.75) is 32.2 Å². The first-order chi connectivity index (χ1) is 10.0. The molecule has 114 valence electrons. The molecule has 5 nitrogen and oxygen atoms in total. The first-order valence-electron chi connectivity index (χ1n) is 7.74. The van der Waals surface area contributed by atoms with Crippen molar-refractivity contribution >= 4 is 11.4 Å². The van der Waals surface area contributed by atoms with E-state index in [-0.39, 0.29) is 10.6 Å². The quantitative estimate of drug-likeness (QED) is 0.513. The molecule has 3 rings (SSSR count). The molecule has 2 bridgehead atoms. The molecule has 5 heteroatoms. The van der Waals surface area contributed by atoms with Crippen LogP contribution in [0.3, 0.4) is 0 Å². The van der Waals surface area contributed by atoms with Gasteiger partial charge in [-0.15, -0.1) is 0 Å². The number of rotatable bonds is 5. The van der Waals surface area contributed by atoms with Crippen molar-refractivity contribution in [1.29, 1.82) is 0 Å². The van der Waals surface area contributed by atoms with Gasteiger partial charge in [-0.3, -0.25) is 10.1 Å². The van der Waals surface area contributed by atoms with Crippen LogP contribution in [0.5, 0.6) is 0 Å². The third-order valence-corrected chi connectivity index (χ3v) is 5.21. The van der Waals surface area contributed by atoms with Crippen molar-refractivity contribution in [2.75, 3.05) is 19.3 Å².